The average molecular weight is 280 g/mol. The SMILES string of the molecule is O=C(N1CCc2ncccc2C1)C(F)(F)C(F)(F)F. The van der Waals surface area contributed by atoms with Crippen LogP contribution >= 0.6 is 0 Å². The second kappa shape index (κ2) is 4.43. The van der Waals surface area contributed by atoms with Crippen LogP contribution in [0.25, 0.3) is 0 Å². The number of alkyl halides is 5. The summed E-state index contributed by atoms with van der Waals surface area (Å²) in [7, 11) is 0. The molecule has 3 nitrogen and oxygen atoms in total. The lowest BCUT2D eigenvalue weighted by Crippen LogP contribution is -2.53. The number of pyridine rings is 1. The first kappa shape index (κ1) is 13.7. The third-order valence-electron chi connectivity index (χ3n) is 2.88. The minimum atomic E-state index is -5.88. The summed E-state index contributed by atoms with van der Waals surface area (Å²) in [5, 5.41) is 0. The molecule has 0 unspecified atom stereocenters. The van der Waals surface area contributed by atoms with Gasteiger partial charge in [0, 0.05) is 31.4 Å². The van der Waals surface area contributed by atoms with Crippen molar-refractivity contribution in [2.45, 2.75) is 25.1 Å². The average Bonchev–Trinajstić information content (AvgIpc) is 2.36. The van der Waals surface area contributed by atoms with E-state index in [9.17, 15) is 26.7 Å². The Balaban J connectivity index is 2.20. The van der Waals surface area contributed by atoms with Crippen LogP contribution in [-0.4, -0.2) is 34.4 Å². The molecule has 0 spiro atoms. The first-order valence-electron chi connectivity index (χ1n) is 5.40. The van der Waals surface area contributed by atoms with E-state index in [2.05, 4.69) is 4.98 Å². The molecule has 1 aromatic heterocycles. The molecule has 0 radical (unpaired) electrons. The molecule has 2 heterocycles. The van der Waals surface area contributed by atoms with Crippen LogP contribution in [0.15, 0.2) is 18.3 Å². The van der Waals surface area contributed by atoms with Crippen LogP contribution in [0.2, 0.25) is 0 Å². The number of halogens is 5. The summed E-state index contributed by atoms with van der Waals surface area (Å²) >= 11 is 0. The molecule has 0 N–H and O–H groups in total. The van der Waals surface area contributed by atoms with E-state index in [4.69, 9.17) is 0 Å². The standard InChI is InChI=1S/C11H9F5N2O/c12-10(13,11(14,15)16)9(19)18-5-3-8-7(6-18)2-1-4-17-8/h1-2,4H,3,5-6H2. The lowest BCUT2D eigenvalue weighted by molar-refractivity contribution is -0.274. The summed E-state index contributed by atoms with van der Waals surface area (Å²) in [6.07, 6.45) is -4.21. The second-order valence-electron chi connectivity index (χ2n) is 4.16. The maximum Gasteiger partial charge on any atom is 0.463 e. The maximum atomic E-state index is 13.0. The summed E-state index contributed by atoms with van der Waals surface area (Å²) in [5.74, 6) is -7.57. The fourth-order valence-corrected chi connectivity index (χ4v) is 1.86. The summed E-state index contributed by atoms with van der Waals surface area (Å²) in [4.78, 5) is 15.8. The van der Waals surface area contributed by atoms with Gasteiger partial charge in [0.05, 0.1) is 0 Å². The van der Waals surface area contributed by atoms with Crippen LogP contribution in [-0.2, 0) is 17.8 Å². The smallest absolute Gasteiger partial charge is 0.332 e. The van der Waals surface area contributed by atoms with Crippen molar-refractivity contribution in [3.8, 4) is 0 Å². The predicted molar refractivity (Wildman–Crippen MR) is 54.4 cm³/mol. The second-order valence-corrected chi connectivity index (χ2v) is 4.16. The van der Waals surface area contributed by atoms with Gasteiger partial charge >= 0.3 is 18.0 Å². The summed E-state index contributed by atoms with van der Waals surface area (Å²) in [6, 6.07) is 3.09. The minimum absolute atomic E-state index is 0.163. The third-order valence-corrected chi connectivity index (χ3v) is 2.88. The first-order chi connectivity index (χ1) is 8.73. The molecule has 1 aliphatic heterocycles. The monoisotopic (exact) mass is 280 g/mol. The number of rotatable bonds is 1. The molecular formula is C11H9F5N2O. The molecule has 8 heteroatoms. The lowest BCUT2D eigenvalue weighted by Gasteiger charge is -2.31. The fraction of sp³-hybridized carbons (Fsp3) is 0.455. The normalized spacial score (nSPS) is 16.2. The number of hydrogen-bond acceptors (Lipinski definition) is 2. The van der Waals surface area contributed by atoms with Gasteiger partial charge in [0.15, 0.2) is 0 Å². The van der Waals surface area contributed by atoms with Gasteiger partial charge in [-0.2, -0.15) is 22.0 Å². The largest absolute Gasteiger partial charge is 0.463 e. The molecule has 19 heavy (non-hydrogen) atoms. The van der Waals surface area contributed by atoms with Crippen LogP contribution in [0.3, 0.4) is 0 Å². The Labute approximate surface area is 105 Å². The molecule has 0 saturated heterocycles. The molecule has 0 aliphatic carbocycles. The number of nitrogens with zero attached hydrogens (tertiary/aromatic N) is 2. The molecule has 0 fully saturated rings. The van der Waals surface area contributed by atoms with Crippen LogP contribution in [0.1, 0.15) is 11.3 Å². The predicted octanol–water partition coefficient (Wildman–Crippen LogP) is 2.16. The lowest BCUT2D eigenvalue weighted by atomic mass is 10.1. The highest BCUT2D eigenvalue weighted by molar-refractivity contribution is 5.84. The van der Waals surface area contributed by atoms with E-state index in [1.54, 1.807) is 6.07 Å². The van der Waals surface area contributed by atoms with Crippen LogP contribution in [0.4, 0.5) is 22.0 Å². The summed E-state index contributed by atoms with van der Waals surface area (Å²) < 4.78 is 62.3. The van der Waals surface area contributed by atoms with Crippen LogP contribution < -0.4 is 0 Å². The maximum absolute atomic E-state index is 13.0. The van der Waals surface area contributed by atoms with Crippen molar-refractivity contribution in [1.82, 2.24) is 9.88 Å². The van der Waals surface area contributed by atoms with Gasteiger partial charge in [0.25, 0.3) is 0 Å². The van der Waals surface area contributed by atoms with E-state index in [-0.39, 0.29) is 19.5 Å². The van der Waals surface area contributed by atoms with E-state index in [1.165, 1.54) is 12.3 Å². The quantitative estimate of drug-likeness (QED) is 0.739. The number of carbonyl (C=O) groups excluding carboxylic acids is 1. The van der Waals surface area contributed by atoms with Gasteiger partial charge in [-0.3, -0.25) is 9.78 Å². The van der Waals surface area contributed by atoms with E-state index < -0.39 is 18.0 Å². The Morgan fingerprint density at radius 3 is 2.58 bits per heavy atom. The van der Waals surface area contributed by atoms with Crippen molar-refractivity contribution < 1.29 is 26.7 Å². The van der Waals surface area contributed by atoms with Crippen molar-refractivity contribution in [3.05, 3.63) is 29.6 Å². The Morgan fingerprint density at radius 1 is 1.26 bits per heavy atom. The molecule has 0 atom stereocenters. The first-order valence-corrected chi connectivity index (χ1v) is 5.40. The Hall–Kier alpha value is -1.73. The van der Waals surface area contributed by atoms with E-state index in [1.807, 2.05) is 0 Å². The zero-order valence-corrected chi connectivity index (χ0v) is 9.55. The Bertz CT molecular complexity index is 500. The molecule has 0 saturated carbocycles. The number of aromatic nitrogens is 1. The highest BCUT2D eigenvalue weighted by Crippen LogP contribution is 2.37. The van der Waals surface area contributed by atoms with E-state index in [0.29, 0.717) is 16.2 Å². The van der Waals surface area contributed by atoms with Gasteiger partial charge < -0.3 is 4.90 Å². The molecule has 0 bridgehead atoms. The molecule has 2 rings (SSSR count). The summed E-state index contributed by atoms with van der Waals surface area (Å²) in [6.45, 7) is -0.484. The molecular weight excluding hydrogens is 271 g/mol. The van der Waals surface area contributed by atoms with Gasteiger partial charge in [-0.05, 0) is 11.6 Å². The van der Waals surface area contributed by atoms with Crippen molar-refractivity contribution >= 4 is 5.91 Å². The number of fused-ring (bicyclic) bond motifs is 1. The third kappa shape index (κ3) is 2.39. The molecule has 1 amide bonds. The van der Waals surface area contributed by atoms with Gasteiger partial charge in [0.2, 0.25) is 0 Å². The van der Waals surface area contributed by atoms with Crippen molar-refractivity contribution in [2.24, 2.45) is 0 Å². The zero-order valence-electron chi connectivity index (χ0n) is 9.55. The van der Waals surface area contributed by atoms with Crippen LogP contribution in [0.5, 0.6) is 0 Å². The fourth-order valence-electron chi connectivity index (χ4n) is 1.86. The number of carbonyl (C=O) groups is 1. The van der Waals surface area contributed by atoms with Crippen molar-refractivity contribution in [2.75, 3.05) is 6.54 Å². The number of amides is 1. The zero-order chi connectivity index (χ0) is 14.3. The molecule has 1 aliphatic rings. The molecule has 104 valence electrons. The van der Waals surface area contributed by atoms with Gasteiger partial charge in [-0.25, -0.2) is 0 Å². The molecule has 1 aromatic rings. The van der Waals surface area contributed by atoms with Crippen molar-refractivity contribution in [1.29, 1.82) is 0 Å². The highest BCUT2D eigenvalue weighted by Gasteiger charge is 2.64. The van der Waals surface area contributed by atoms with Gasteiger partial charge in [-0.1, -0.05) is 6.07 Å². The van der Waals surface area contributed by atoms with E-state index >= 15 is 0 Å². The summed E-state index contributed by atoms with van der Waals surface area (Å²) in [5.41, 5.74) is 1.10. The Kier molecular flexibility index (Phi) is 3.19. The minimum Gasteiger partial charge on any atom is -0.332 e. The van der Waals surface area contributed by atoms with Crippen LogP contribution in [0, 0.1) is 0 Å². The Morgan fingerprint density at radius 2 is 1.95 bits per heavy atom. The van der Waals surface area contributed by atoms with Crippen molar-refractivity contribution in [3.63, 3.8) is 0 Å². The molecule has 0 aromatic carbocycles. The number of hydrogen-bond donors (Lipinski definition) is 0. The van der Waals surface area contributed by atoms with Gasteiger partial charge in [-0.15, -0.1) is 0 Å². The van der Waals surface area contributed by atoms with E-state index in [0.717, 1.165) is 0 Å². The highest BCUT2D eigenvalue weighted by atomic mass is 19.4. The topological polar surface area (TPSA) is 33.2 Å². The van der Waals surface area contributed by atoms with Gasteiger partial charge in [0.1, 0.15) is 0 Å².